The van der Waals surface area contributed by atoms with Gasteiger partial charge in [0.1, 0.15) is 6.10 Å². The fourth-order valence-corrected chi connectivity index (χ4v) is 4.30. The van der Waals surface area contributed by atoms with E-state index in [2.05, 4.69) is 47.8 Å². The van der Waals surface area contributed by atoms with Gasteiger partial charge in [-0.05, 0) is 74.5 Å². The van der Waals surface area contributed by atoms with Gasteiger partial charge < -0.3 is 5.11 Å². The molecular weight excluding hydrogens is 444 g/mol. The second-order valence-electron chi connectivity index (χ2n) is 4.13. The Bertz CT molecular complexity index is 573. The van der Waals surface area contributed by atoms with Gasteiger partial charge in [-0.25, -0.2) is 0 Å². The maximum absolute atomic E-state index is 10.5. The van der Waals surface area contributed by atoms with Crippen molar-refractivity contribution in [1.29, 1.82) is 0 Å². The summed E-state index contributed by atoms with van der Waals surface area (Å²) in [5.41, 5.74) is 3.17. The quantitative estimate of drug-likeness (QED) is 0.614. The third-order valence-corrected chi connectivity index (χ3v) is 6.94. The number of benzene rings is 1. The molecule has 96 valence electrons. The van der Waals surface area contributed by atoms with Crippen LogP contribution in [0.5, 0.6) is 0 Å². The Balaban J connectivity index is 2.45. The maximum atomic E-state index is 10.5. The summed E-state index contributed by atoms with van der Waals surface area (Å²) in [6.07, 6.45) is -0.579. The number of hydrogen-bond acceptors (Lipinski definition) is 2. The molecule has 0 bridgehead atoms. The highest BCUT2D eigenvalue weighted by molar-refractivity contribution is 9.13. The number of halogens is 3. The van der Waals surface area contributed by atoms with E-state index in [4.69, 9.17) is 0 Å². The smallest absolute Gasteiger partial charge is 0.114 e. The van der Waals surface area contributed by atoms with Crippen molar-refractivity contribution in [3.8, 4) is 0 Å². The average Bonchev–Trinajstić information content (AvgIpc) is 2.63. The molecule has 0 radical (unpaired) electrons. The lowest BCUT2D eigenvalue weighted by Crippen LogP contribution is -2.01. The van der Waals surface area contributed by atoms with Crippen molar-refractivity contribution < 1.29 is 5.11 Å². The van der Waals surface area contributed by atoms with Gasteiger partial charge >= 0.3 is 0 Å². The zero-order chi connectivity index (χ0) is 13.4. The second-order valence-corrected chi connectivity index (χ2v) is 8.24. The van der Waals surface area contributed by atoms with Gasteiger partial charge in [0, 0.05) is 13.8 Å². The van der Waals surface area contributed by atoms with E-state index in [1.807, 2.05) is 32.0 Å². The SMILES string of the molecule is Cc1cc(C(O)c2cc(Br)c(Br)s2)c(C)cc1Br. The summed E-state index contributed by atoms with van der Waals surface area (Å²) in [6.45, 7) is 4.04. The Morgan fingerprint density at radius 3 is 2.22 bits per heavy atom. The fraction of sp³-hybridized carbons (Fsp3) is 0.231. The molecule has 0 aliphatic rings. The summed E-state index contributed by atoms with van der Waals surface area (Å²) in [5.74, 6) is 0. The van der Waals surface area contributed by atoms with E-state index in [1.165, 1.54) is 0 Å². The van der Waals surface area contributed by atoms with Crippen LogP contribution in [0.25, 0.3) is 0 Å². The van der Waals surface area contributed by atoms with E-state index in [0.29, 0.717) is 0 Å². The number of rotatable bonds is 2. The maximum Gasteiger partial charge on any atom is 0.114 e. The largest absolute Gasteiger partial charge is 0.383 e. The molecule has 1 atom stereocenters. The highest BCUT2D eigenvalue weighted by Gasteiger charge is 2.17. The number of aliphatic hydroxyl groups is 1. The van der Waals surface area contributed by atoms with Crippen molar-refractivity contribution in [2.24, 2.45) is 0 Å². The van der Waals surface area contributed by atoms with Crippen molar-refractivity contribution in [3.63, 3.8) is 0 Å². The Morgan fingerprint density at radius 2 is 1.67 bits per heavy atom. The highest BCUT2D eigenvalue weighted by Crippen LogP contribution is 2.38. The van der Waals surface area contributed by atoms with Crippen LogP contribution in [-0.4, -0.2) is 5.11 Å². The standard InChI is InChI=1S/C13H11Br3OS/c1-6-4-9(14)7(2)3-8(6)12(17)11-5-10(15)13(16)18-11/h3-5,12,17H,1-2H3. The summed E-state index contributed by atoms with van der Waals surface area (Å²) in [4.78, 5) is 0.929. The van der Waals surface area contributed by atoms with Gasteiger partial charge in [-0.3, -0.25) is 0 Å². The predicted molar refractivity (Wildman–Crippen MR) is 87.4 cm³/mol. The summed E-state index contributed by atoms with van der Waals surface area (Å²) in [5, 5.41) is 10.5. The molecule has 2 rings (SSSR count). The van der Waals surface area contributed by atoms with Gasteiger partial charge in [0.05, 0.1) is 3.79 Å². The zero-order valence-corrected chi connectivity index (χ0v) is 15.4. The molecule has 0 amide bonds. The first-order chi connectivity index (χ1) is 8.40. The fourth-order valence-electron chi connectivity index (χ4n) is 1.75. The number of hydrogen-bond donors (Lipinski definition) is 1. The molecule has 1 aromatic heterocycles. The van der Waals surface area contributed by atoms with Crippen molar-refractivity contribution in [3.05, 3.63) is 52.5 Å². The average molecular weight is 455 g/mol. The number of aliphatic hydroxyl groups excluding tert-OH is 1. The molecule has 0 saturated carbocycles. The first-order valence-corrected chi connectivity index (χ1v) is 8.49. The van der Waals surface area contributed by atoms with Gasteiger partial charge in [-0.15, -0.1) is 11.3 Å². The van der Waals surface area contributed by atoms with Crippen LogP contribution in [0.4, 0.5) is 0 Å². The Morgan fingerprint density at radius 1 is 1.00 bits per heavy atom. The third kappa shape index (κ3) is 2.90. The number of thiophene rings is 1. The monoisotopic (exact) mass is 452 g/mol. The molecule has 1 unspecified atom stereocenters. The summed E-state index contributed by atoms with van der Waals surface area (Å²) in [6, 6.07) is 6.04. The van der Waals surface area contributed by atoms with Crippen LogP contribution in [0.3, 0.4) is 0 Å². The molecule has 1 N–H and O–H groups in total. The van der Waals surface area contributed by atoms with Crippen LogP contribution in [-0.2, 0) is 0 Å². The molecule has 0 fully saturated rings. The van der Waals surface area contributed by atoms with E-state index in [-0.39, 0.29) is 0 Å². The molecule has 1 aromatic carbocycles. The van der Waals surface area contributed by atoms with Gasteiger partial charge in [0.15, 0.2) is 0 Å². The normalized spacial score (nSPS) is 12.8. The Kier molecular flexibility index (Phi) is 4.70. The van der Waals surface area contributed by atoms with E-state index in [0.717, 1.165) is 34.3 Å². The third-order valence-electron chi connectivity index (χ3n) is 2.78. The lowest BCUT2D eigenvalue weighted by molar-refractivity contribution is 0.223. The van der Waals surface area contributed by atoms with E-state index < -0.39 is 6.10 Å². The summed E-state index contributed by atoms with van der Waals surface area (Å²) in [7, 11) is 0. The first-order valence-electron chi connectivity index (χ1n) is 5.29. The van der Waals surface area contributed by atoms with Crippen molar-refractivity contribution in [1.82, 2.24) is 0 Å². The second kappa shape index (κ2) is 5.75. The van der Waals surface area contributed by atoms with Crippen LogP contribution in [0.15, 0.2) is 30.9 Å². The topological polar surface area (TPSA) is 20.2 Å². The minimum absolute atomic E-state index is 0.579. The van der Waals surface area contributed by atoms with E-state index >= 15 is 0 Å². The summed E-state index contributed by atoms with van der Waals surface area (Å²) >= 11 is 12.0. The van der Waals surface area contributed by atoms with Crippen LogP contribution in [0.1, 0.15) is 27.7 Å². The number of aryl methyl sites for hydroxylation is 2. The zero-order valence-electron chi connectivity index (χ0n) is 9.80. The highest BCUT2D eigenvalue weighted by atomic mass is 79.9. The van der Waals surface area contributed by atoms with Crippen LogP contribution in [0, 0.1) is 13.8 Å². The molecule has 2 aromatic rings. The molecule has 18 heavy (non-hydrogen) atoms. The van der Waals surface area contributed by atoms with Crippen molar-refractivity contribution in [2.45, 2.75) is 20.0 Å². The molecule has 1 heterocycles. The van der Waals surface area contributed by atoms with Gasteiger partial charge in [-0.1, -0.05) is 22.0 Å². The van der Waals surface area contributed by atoms with Crippen LogP contribution in [0.2, 0.25) is 0 Å². The Hall–Kier alpha value is 0.320. The van der Waals surface area contributed by atoms with Crippen molar-refractivity contribution in [2.75, 3.05) is 0 Å². The molecule has 1 nitrogen and oxygen atoms in total. The van der Waals surface area contributed by atoms with Gasteiger partial charge in [-0.2, -0.15) is 0 Å². The van der Waals surface area contributed by atoms with E-state index in [1.54, 1.807) is 11.3 Å². The molecule has 5 heteroatoms. The van der Waals surface area contributed by atoms with E-state index in [9.17, 15) is 5.11 Å². The Labute approximate surface area is 136 Å². The van der Waals surface area contributed by atoms with Gasteiger partial charge in [0.2, 0.25) is 0 Å². The van der Waals surface area contributed by atoms with Crippen LogP contribution >= 0.6 is 59.1 Å². The molecule has 0 aliphatic heterocycles. The predicted octanol–water partition coefficient (Wildman–Crippen LogP) is 5.73. The molecule has 0 spiro atoms. The lowest BCUT2D eigenvalue weighted by Gasteiger charge is -2.14. The first kappa shape index (κ1) is 14.7. The minimum Gasteiger partial charge on any atom is -0.383 e. The lowest BCUT2D eigenvalue weighted by atomic mass is 10.00. The van der Waals surface area contributed by atoms with Crippen molar-refractivity contribution >= 4 is 59.1 Å². The minimum atomic E-state index is -0.579. The molecular formula is C13H11Br3OS. The van der Waals surface area contributed by atoms with Gasteiger partial charge in [0.25, 0.3) is 0 Å². The summed E-state index contributed by atoms with van der Waals surface area (Å²) < 4.78 is 3.06. The molecule has 0 saturated heterocycles. The molecule has 0 aliphatic carbocycles. The van der Waals surface area contributed by atoms with Crippen LogP contribution < -0.4 is 0 Å².